The van der Waals surface area contributed by atoms with Crippen LogP contribution in [-0.2, 0) is 19.1 Å². The summed E-state index contributed by atoms with van der Waals surface area (Å²) in [5.74, 6) is 0.916. The summed E-state index contributed by atoms with van der Waals surface area (Å²) in [5, 5.41) is 7.39. The van der Waals surface area contributed by atoms with Gasteiger partial charge in [-0.2, -0.15) is 13.2 Å². The van der Waals surface area contributed by atoms with E-state index in [0.717, 1.165) is 53.9 Å². The largest absolute Gasteiger partial charge is 0.483 e. The van der Waals surface area contributed by atoms with E-state index in [4.69, 9.17) is 16.3 Å². The monoisotopic (exact) mass is 498 g/mol. The van der Waals surface area contributed by atoms with Crippen molar-refractivity contribution in [2.45, 2.75) is 30.5 Å². The topological polar surface area (TPSA) is 59.1 Å². The summed E-state index contributed by atoms with van der Waals surface area (Å²) < 4.78 is 46.9. The van der Waals surface area contributed by atoms with Crippen molar-refractivity contribution in [2.75, 3.05) is 24.2 Å². The van der Waals surface area contributed by atoms with Gasteiger partial charge in [0.2, 0.25) is 5.95 Å². The highest BCUT2D eigenvalue weighted by molar-refractivity contribution is 7.99. The van der Waals surface area contributed by atoms with Gasteiger partial charge in [0.15, 0.2) is 5.06 Å². The van der Waals surface area contributed by atoms with Gasteiger partial charge in [0.05, 0.1) is 32.8 Å². The Kier molecular flexibility index (Phi) is 5.96. The molecule has 5 rings (SSSR count). The van der Waals surface area contributed by atoms with Crippen molar-refractivity contribution in [3.8, 4) is 15.6 Å². The van der Waals surface area contributed by atoms with Crippen molar-refractivity contribution in [2.24, 2.45) is 0 Å². The molecule has 2 aliphatic rings. The lowest BCUT2D eigenvalue weighted by Crippen LogP contribution is -2.23. The molecule has 0 saturated heterocycles. The number of nitrogens with one attached hydrogen (secondary N) is 2. The van der Waals surface area contributed by atoms with Crippen LogP contribution in [0.5, 0.6) is 5.06 Å². The zero-order valence-corrected chi connectivity index (χ0v) is 19.1. The average molecular weight is 499 g/mol. The molecular formula is C21H18ClF3N4OS2. The number of aromatic nitrogens is 2. The quantitative estimate of drug-likeness (QED) is 0.452. The molecule has 5 nitrogen and oxygen atoms in total. The van der Waals surface area contributed by atoms with Crippen LogP contribution in [0.15, 0.2) is 29.3 Å². The zero-order valence-electron chi connectivity index (χ0n) is 16.7. The van der Waals surface area contributed by atoms with Gasteiger partial charge in [-0.1, -0.05) is 22.9 Å². The SMILES string of the molecule is FC(F)(F)c1cnc(Nc2cc3c(cc2Cl)CNCC3)nc1-c1cc2c(s1)OCCCS2. The van der Waals surface area contributed by atoms with E-state index in [1.807, 2.05) is 12.1 Å². The Bertz CT molecular complexity index is 1150. The van der Waals surface area contributed by atoms with Gasteiger partial charge in [0.1, 0.15) is 5.56 Å². The first-order valence-corrected chi connectivity index (χ1v) is 12.2. The molecule has 2 aromatic heterocycles. The third-order valence-corrected chi connectivity index (χ3v) is 7.80. The fourth-order valence-electron chi connectivity index (χ4n) is 3.64. The van der Waals surface area contributed by atoms with Gasteiger partial charge < -0.3 is 15.4 Å². The molecular weight excluding hydrogens is 481 g/mol. The molecule has 1 aromatic carbocycles. The molecule has 0 aliphatic carbocycles. The molecule has 3 aromatic rings. The van der Waals surface area contributed by atoms with Gasteiger partial charge in [-0.05, 0) is 48.7 Å². The van der Waals surface area contributed by atoms with E-state index >= 15 is 0 Å². The molecule has 0 unspecified atom stereocenters. The summed E-state index contributed by atoms with van der Waals surface area (Å²) in [4.78, 5) is 9.42. The number of thioether (sulfide) groups is 1. The second-order valence-electron chi connectivity index (χ2n) is 7.42. The van der Waals surface area contributed by atoms with Crippen LogP contribution in [0.3, 0.4) is 0 Å². The van der Waals surface area contributed by atoms with Crippen molar-refractivity contribution in [3.63, 3.8) is 0 Å². The Morgan fingerprint density at radius 1 is 1.19 bits per heavy atom. The Hall–Kier alpha value is -2.01. The van der Waals surface area contributed by atoms with Crippen molar-refractivity contribution in [1.82, 2.24) is 15.3 Å². The van der Waals surface area contributed by atoms with Gasteiger partial charge in [-0.25, -0.2) is 9.97 Å². The molecule has 4 heterocycles. The lowest BCUT2D eigenvalue weighted by atomic mass is 10.0. The number of hydrogen-bond acceptors (Lipinski definition) is 7. The summed E-state index contributed by atoms with van der Waals surface area (Å²) >= 11 is 9.17. The van der Waals surface area contributed by atoms with Gasteiger partial charge in [-0.15, -0.1) is 11.8 Å². The van der Waals surface area contributed by atoms with Crippen LogP contribution in [0.25, 0.3) is 10.6 Å². The van der Waals surface area contributed by atoms with Crippen molar-refractivity contribution in [3.05, 3.63) is 46.1 Å². The van der Waals surface area contributed by atoms with E-state index in [0.29, 0.717) is 27.3 Å². The van der Waals surface area contributed by atoms with Crippen molar-refractivity contribution >= 4 is 46.3 Å². The Morgan fingerprint density at radius 2 is 2.06 bits per heavy atom. The van der Waals surface area contributed by atoms with Crippen LogP contribution in [0.2, 0.25) is 5.02 Å². The fourth-order valence-corrected chi connectivity index (χ4v) is 6.04. The summed E-state index contributed by atoms with van der Waals surface area (Å²) in [6.45, 7) is 2.15. The number of alkyl halides is 3. The third-order valence-electron chi connectivity index (χ3n) is 5.20. The standard InChI is InChI=1S/C21H18ClF3N4OS2/c22-14-6-12-9-26-3-2-11(12)7-15(14)28-20-27-10-13(21(23,24)25)18(29-20)16-8-17-19(32-16)30-4-1-5-31-17/h6-8,10,26H,1-5,9H2,(H,27,28,29). The summed E-state index contributed by atoms with van der Waals surface area (Å²) in [6, 6.07) is 5.49. The van der Waals surface area contributed by atoms with Crippen LogP contribution in [0.1, 0.15) is 23.1 Å². The highest BCUT2D eigenvalue weighted by Crippen LogP contribution is 2.46. The number of rotatable bonds is 3. The van der Waals surface area contributed by atoms with E-state index in [1.54, 1.807) is 17.8 Å². The van der Waals surface area contributed by atoms with E-state index in [1.165, 1.54) is 11.3 Å². The molecule has 0 saturated carbocycles. The van der Waals surface area contributed by atoms with E-state index in [-0.39, 0.29) is 11.6 Å². The Morgan fingerprint density at radius 3 is 2.91 bits per heavy atom. The summed E-state index contributed by atoms with van der Waals surface area (Å²) in [7, 11) is 0. The van der Waals surface area contributed by atoms with Gasteiger partial charge in [-0.3, -0.25) is 0 Å². The Labute approximate surface area is 195 Å². The number of fused-ring (bicyclic) bond motifs is 2. The highest BCUT2D eigenvalue weighted by Gasteiger charge is 2.36. The van der Waals surface area contributed by atoms with Crippen LogP contribution >= 0.6 is 34.7 Å². The number of ether oxygens (including phenoxy) is 1. The molecule has 168 valence electrons. The third kappa shape index (κ3) is 4.41. The highest BCUT2D eigenvalue weighted by atomic mass is 35.5. The first-order valence-electron chi connectivity index (χ1n) is 10.0. The normalized spacial score (nSPS) is 16.0. The predicted molar refractivity (Wildman–Crippen MR) is 121 cm³/mol. The molecule has 2 aliphatic heterocycles. The molecule has 0 radical (unpaired) electrons. The molecule has 0 bridgehead atoms. The number of hydrogen-bond donors (Lipinski definition) is 2. The first-order chi connectivity index (χ1) is 15.4. The van der Waals surface area contributed by atoms with Crippen LogP contribution in [0.4, 0.5) is 24.8 Å². The minimum atomic E-state index is -4.58. The van der Waals surface area contributed by atoms with E-state index in [9.17, 15) is 13.2 Å². The van der Waals surface area contributed by atoms with Crippen molar-refractivity contribution in [1.29, 1.82) is 0 Å². The average Bonchev–Trinajstić information content (AvgIpc) is 3.04. The minimum Gasteiger partial charge on any atom is -0.483 e. The molecule has 32 heavy (non-hydrogen) atoms. The Balaban J connectivity index is 1.53. The fraction of sp³-hybridized carbons (Fsp3) is 0.333. The smallest absolute Gasteiger partial charge is 0.420 e. The molecule has 0 atom stereocenters. The van der Waals surface area contributed by atoms with Crippen LogP contribution < -0.4 is 15.4 Å². The second kappa shape index (κ2) is 8.74. The molecule has 0 fully saturated rings. The maximum absolute atomic E-state index is 13.7. The maximum Gasteiger partial charge on any atom is 0.420 e. The number of halogens is 4. The lowest BCUT2D eigenvalue weighted by Gasteiger charge is -2.19. The molecule has 0 amide bonds. The lowest BCUT2D eigenvalue weighted by molar-refractivity contribution is -0.137. The van der Waals surface area contributed by atoms with Gasteiger partial charge in [0.25, 0.3) is 0 Å². The predicted octanol–water partition coefficient (Wildman–Crippen LogP) is 6.14. The number of thiophene rings is 1. The molecule has 2 N–H and O–H groups in total. The minimum absolute atomic E-state index is 0.0564. The van der Waals surface area contributed by atoms with Crippen LogP contribution in [-0.4, -0.2) is 28.9 Å². The maximum atomic E-state index is 13.7. The summed E-state index contributed by atoms with van der Waals surface area (Å²) in [6.07, 6.45) is -2.02. The van der Waals surface area contributed by atoms with E-state index < -0.39 is 11.7 Å². The van der Waals surface area contributed by atoms with Crippen LogP contribution in [0, 0.1) is 0 Å². The van der Waals surface area contributed by atoms with Gasteiger partial charge >= 0.3 is 6.18 Å². The van der Waals surface area contributed by atoms with E-state index in [2.05, 4.69) is 20.6 Å². The number of nitrogens with zero attached hydrogens (tertiary/aromatic N) is 2. The first kappa shape index (κ1) is 21.8. The van der Waals surface area contributed by atoms with Crippen molar-refractivity contribution < 1.29 is 17.9 Å². The zero-order chi connectivity index (χ0) is 22.3. The number of benzene rings is 1. The molecule has 11 heteroatoms. The summed E-state index contributed by atoms with van der Waals surface area (Å²) in [5.41, 5.74) is 1.76. The molecule has 0 spiro atoms. The van der Waals surface area contributed by atoms with Gasteiger partial charge in [0, 0.05) is 18.5 Å². The second-order valence-corrected chi connectivity index (χ2v) is 9.98. The number of anilines is 2.